The first-order valence-corrected chi connectivity index (χ1v) is 6.51. The third-order valence-electron chi connectivity index (χ3n) is 4.90. The minimum atomic E-state index is 0.655. The molecule has 1 heteroatoms. The minimum absolute atomic E-state index is 0.655. The van der Waals surface area contributed by atoms with Crippen LogP contribution in [0.3, 0.4) is 0 Å². The molecule has 1 aromatic heterocycles. The molecule has 0 atom stereocenters. The second-order valence-electron chi connectivity index (χ2n) is 5.88. The lowest BCUT2D eigenvalue weighted by Crippen LogP contribution is -2.10. The maximum absolute atomic E-state index is 2.69. The van der Waals surface area contributed by atoms with Gasteiger partial charge in [0.2, 0.25) is 0 Å². The lowest BCUT2D eigenvalue weighted by Gasteiger charge is -2.12. The lowest BCUT2D eigenvalue weighted by atomic mass is 10.1. The van der Waals surface area contributed by atoms with Crippen LogP contribution in [0.4, 0.5) is 0 Å². The van der Waals surface area contributed by atoms with Crippen LogP contribution in [-0.4, -0.2) is 4.57 Å². The maximum atomic E-state index is 2.69. The van der Waals surface area contributed by atoms with Crippen molar-refractivity contribution < 1.29 is 0 Å². The van der Waals surface area contributed by atoms with E-state index in [2.05, 4.69) is 17.7 Å². The highest BCUT2D eigenvalue weighted by molar-refractivity contribution is 5.38. The van der Waals surface area contributed by atoms with Crippen LogP contribution >= 0.6 is 0 Å². The number of nitrogens with zero attached hydrogens (tertiary/aromatic N) is 1. The smallest absolute Gasteiger partial charge is 0.0479 e. The third-order valence-corrected chi connectivity index (χ3v) is 4.90. The van der Waals surface area contributed by atoms with Crippen molar-refractivity contribution in [3.8, 4) is 0 Å². The van der Waals surface area contributed by atoms with Crippen molar-refractivity contribution in [3.05, 3.63) is 23.0 Å². The van der Waals surface area contributed by atoms with Gasteiger partial charge in [-0.2, -0.15) is 0 Å². The molecule has 1 nitrogen and oxygen atoms in total. The van der Waals surface area contributed by atoms with Crippen LogP contribution in [0.5, 0.6) is 0 Å². The van der Waals surface area contributed by atoms with Crippen LogP contribution in [0, 0.1) is 12.8 Å². The Bertz CT molecular complexity index is 421. The van der Waals surface area contributed by atoms with Crippen LogP contribution in [0.15, 0.2) is 6.20 Å². The van der Waals surface area contributed by atoms with Crippen molar-refractivity contribution in [1.82, 2.24) is 4.57 Å². The zero-order chi connectivity index (χ0) is 10.0. The number of hydrogen-bond acceptors (Lipinski definition) is 0. The first kappa shape index (κ1) is 8.43. The molecular weight excluding hydrogens is 182 g/mol. The molecule has 3 aliphatic rings. The molecule has 4 rings (SSSR count). The molecule has 2 saturated carbocycles. The quantitative estimate of drug-likeness (QED) is 0.615. The van der Waals surface area contributed by atoms with E-state index in [-0.39, 0.29) is 0 Å². The number of hydrogen-bond donors (Lipinski definition) is 0. The summed E-state index contributed by atoms with van der Waals surface area (Å²) in [6.45, 7) is 2.32. The summed E-state index contributed by atoms with van der Waals surface area (Å²) in [5, 5.41) is 0. The number of fused-ring (bicyclic) bond motifs is 2. The van der Waals surface area contributed by atoms with E-state index in [0.717, 1.165) is 5.92 Å². The molecule has 0 N–H and O–H groups in total. The Hall–Kier alpha value is -0.720. The van der Waals surface area contributed by atoms with E-state index < -0.39 is 0 Å². The highest BCUT2D eigenvalue weighted by Crippen LogP contribution is 2.73. The molecule has 0 spiro atoms. The van der Waals surface area contributed by atoms with Gasteiger partial charge < -0.3 is 4.57 Å². The SMILES string of the molecule is Cc1cn(C23CC2C3)c2c1CCCCC2. The molecule has 80 valence electrons. The van der Waals surface area contributed by atoms with Crippen LogP contribution in [0.25, 0.3) is 0 Å². The van der Waals surface area contributed by atoms with Gasteiger partial charge in [0.25, 0.3) is 0 Å². The van der Waals surface area contributed by atoms with E-state index in [1.54, 1.807) is 16.8 Å². The van der Waals surface area contributed by atoms with Gasteiger partial charge in [0.15, 0.2) is 0 Å². The second kappa shape index (κ2) is 2.50. The predicted octanol–water partition coefficient (Wildman–Crippen LogP) is 3.18. The summed E-state index contributed by atoms with van der Waals surface area (Å²) in [5.74, 6) is 1.07. The van der Waals surface area contributed by atoms with Gasteiger partial charge >= 0.3 is 0 Å². The molecule has 0 bridgehead atoms. The van der Waals surface area contributed by atoms with Gasteiger partial charge in [-0.05, 0) is 62.5 Å². The summed E-state index contributed by atoms with van der Waals surface area (Å²) in [7, 11) is 0. The molecule has 2 fully saturated rings. The van der Waals surface area contributed by atoms with Crippen molar-refractivity contribution in [2.75, 3.05) is 0 Å². The Kier molecular flexibility index (Phi) is 1.41. The average Bonchev–Trinajstić information content (AvgIpc) is 3.04. The molecule has 3 aliphatic carbocycles. The molecule has 0 saturated heterocycles. The highest BCUT2D eigenvalue weighted by Gasteiger charge is 2.71. The zero-order valence-electron chi connectivity index (χ0n) is 9.55. The van der Waals surface area contributed by atoms with E-state index >= 15 is 0 Å². The van der Waals surface area contributed by atoms with Gasteiger partial charge in [-0.25, -0.2) is 0 Å². The van der Waals surface area contributed by atoms with Crippen molar-refractivity contribution in [2.45, 2.75) is 57.4 Å². The van der Waals surface area contributed by atoms with E-state index in [0.29, 0.717) is 5.54 Å². The fraction of sp³-hybridized carbons (Fsp3) is 0.714. The van der Waals surface area contributed by atoms with E-state index in [9.17, 15) is 0 Å². The van der Waals surface area contributed by atoms with Crippen molar-refractivity contribution in [2.24, 2.45) is 5.92 Å². The Morgan fingerprint density at radius 1 is 1.20 bits per heavy atom. The second-order valence-corrected chi connectivity index (χ2v) is 5.88. The van der Waals surface area contributed by atoms with E-state index in [1.807, 2.05) is 0 Å². The van der Waals surface area contributed by atoms with Crippen molar-refractivity contribution in [1.29, 1.82) is 0 Å². The normalized spacial score (nSPS) is 36.7. The average molecular weight is 201 g/mol. The van der Waals surface area contributed by atoms with Crippen LogP contribution in [0.2, 0.25) is 0 Å². The van der Waals surface area contributed by atoms with Crippen LogP contribution in [-0.2, 0) is 18.4 Å². The fourth-order valence-corrected chi connectivity index (χ4v) is 3.57. The summed E-state index contributed by atoms with van der Waals surface area (Å²) in [6.07, 6.45) is 12.4. The summed E-state index contributed by atoms with van der Waals surface area (Å²) < 4.78 is 2.69. The highest BCUT2D eigenvalue weighted by atomic mass is 15.2. The minimum Gasteiger partial charge on any atom is -0.345 e. The summed E-state index contributed by atoms with van der Waals surface area (Å²) in [4.78, 5) is 0. The molecular formula is C14H19N. The van der Waals surface area contributed by atoms with Crippen molar-refractivity contribution >= 4 is 0 Å². The van der Waals surface area contributed by atoms with Crippen molar-refractivity contribution in [3.63, 3.8) is 0 Å². The molecule has 0 aromatic carbocycles. The van der Waals surface area contributed by atoms with Gasteiger partial charge in [0.05, 0.1) is 0 Å². The van der Waals surface area contributed by atoms with E-state index in [4.69, 9.17) is 0 Å². The van der Waals surface area contributed by atoms with Gasteiger partial charge in [-0.15, -0.1) is 0 Å². The third kappa shape index (κ3) is 0.992. The number of aryl methyl sites for hydroxylation is 1. The maximum Gasteiger partial charge on any atom is 0.0479 e. The van der Waals surface area contributed by atoms with Gasteiger partial charge in [0.1, 0.15) is 0 Å². The van der Waals surface area contributed by atoms with Crippen LogP contribution < -0.4 is 0 Å². The standard InChI is InChI=1S/C14H19N/c1-10-9-15(14-7-11(14)8-14)13-6-4-2-3-5-12(10)13/h9,11H,2-8H2,1H3. The summed E-state index contributed by atoms with van der Waals surface area (Å²) >= 11 is 0. The Morgan fingerprint density at radius 3 is 2.67 bits per heavy atom. The summed E-state index contributed by atoms with van der Waals surface area (Å²) in [5.41, 5.74) is 5.64. The van der Waals surface area contributed by atoms with Gasteiger partial charge in [0, 0.05) is 17.4 Å². The molecule has 0 amide bonds. The largest absolute Gasteiger partial charge is 0.345 e. The van der Waals surface area contributed by atoms with Crippen LogP contribution in [0.1, 0.15) is 48.9 Å². The summed E-state index contributed by atoms with van der Waals surface area (Å²) in [6, 6.07) is 0. The number of aromatic nitrogens is 1. The number of rotatable bonds is 1. The van der Waals surface area contributed by atoms with Gasteiger partial charge in [-0.3, -0.25) is 0 Å². The predicted molar refractivity (Wildman–Crippen MR) is 61.1 cm³/mol. The molecule has 0 radical (unpaired) electrons. The molecule has 0 aliphatic heterocycles. The molecule has 15 heavy (non-hydrogen) atoms. The molecule has 1 heterocycles. The zero-order valence-corrected chi connectivity index (χ0v) is 9.55. The van der Waals surface area contributed by atoms with E-state index in [1.165, 1.54) is 44.9 Å². The van der Waals surface area contributed by atoms with Gasteiger partial charge in [-0.1, -0.05) is 6.42 Å². The first-order valence-electron chi connectivity index (χ1n) is 6.51. The fourth-order valence-electron chi connectivity index (χ4n) is 3.57. The lowest BCUT2D eigenvalue weighted by molar-refractivity contribution is 0.566. The Labute approximate surface area is 91.5 Å². The topological polar surface area (TPSA) is 4.93 Å². The molecule has 0 unspecified atom stereocenters. The monoisotopic (exact) mass is 201 g/mol. The molecule has 1 aromatic rings. The Morgan fingerprint density at radius 2 is 1.93 bits per heavy atom. The Balaban J connectivity index is 1.84. The first-order chi connectivity index (χ1) is 7.31.